The van der Waals surface area contributed by atoms with Crippen LogP contribution in [0.3, 0.4) is 0 Å². The highest BCUT2D eigenvalue weighted by molar-refractivity contribution is 5.45. The van der Waals surface area contributed by atoms with Gasteiger partial charge in [-0.05, 0) is 56.7 Å². The fourth-order valence-electron chi connectivity index (χ4n) is 3.80. The molecule has 1 heterocycles. The number of benzene rings is 1. The van der Waals surface area contributed by atoms with Gasteiger partial charge in [-0.15, -0.1) is 0 Å². The Balaban J connectivity index is 1.89. The quantitative estimate of drug-likeness (QED) is 0.586. The molecular weight excluding hydrogens is 280 g/mol. The van der Waals surface area contributed by atoms with Crippen LogP contribution in [0, 0.1) is 5.92 Å². The Kier molecular flexibility index (Phi) is 7.94. The average molecular weight is 317 g/mol. The van der Waals surface area contributed by atoms with Crippen molar-refractivity contribution in [1.82, 2.24) is 4.90 Å². The minimum absolute atomic E-state index is 0.806. The number of hydrogen-bond donors (Lipinski definition) is 0. The molecule has 1 aromatic rings. The zero-order valence-corrected chi connectivity index (χ0v) is 15.5. The summed E-state index contributed by atoms with van der Waals surface area (Å²) < 4.78 is 0. The van der Waals surface area contributed by atoms with Crippen LogP contribution in [0.4, 0.5) is 5.69 Å². The molecule has 1 aromatic carbocycles. The summed E-state index contributed by atoms with van der Waals surface area (Å²) in [6, 6.07) is 11.8. The third-order valence-corrected chi connectivity index (χ3v) is 5.11. The van der Waals surface area contributed by atoms with Crippen LogP contribution < -0.4 is 4.90 Å². The first-order valence-corrected chi connectivity index (χ1v) is 9.74. The maximum atomic E-state index is 2.74. The van der Waals surface area contributed by atoms with Gasteiger partial charge in [-0.25, -0.2) is 0 Å². The maximum absolute atomic E-state index is 2.74. The van der Waals surface area contributed by atoms with E-state index in [1.54, 1.807) is 0 Å². The molecule has 2 heteroatoms. The minimum atomic E-state index is 0.806. The van der Waals surface area contributed by atoms with Gasteiger partial charge < -0.3 is 4.90 Å². The van der Waals surface area contributed by atoms with Crippen LogP contribution in [0.15, 0.2) is 30.3 Å². The van der Waals surface area contributed by atoms with Gasteiger partial charge in [0.2, 0.25) is 0 Å². The highest BCUT2D eigenvalue weighted by atomic mass is 15.2. The molecule has 1 atom stereocenters. The first-order chi connectivity index (χ1) is 11.2. The third kappa shape index (κ3) is 6.18. The van der Waals surface area contributed by atoms with E-state index in [0.717, 1.165) is 12.0 Å². The lowest BCUT2D eigenvalue weighted by Crippen LogP contribution is -2.38. The lowest BCUT2D eigenvalue weighted by Gasteiger charge is -2.30. The van der Waals surface area contributed by atoms with Crippen LogP contribution in [0.5, 0.6) is 0 Å². The molecule has 23 heavy (non-hydrogen) atoms. The second kappa shape index (κ2) is 9.97. The van der Waals surface area contributed by atoms with Gasteiger partial charge in [-0.1, -0.05) is 45.4 Å². The summed E-state index contributed by atoms with van der Waals surface area (Å²) >= 11 is 0. The van der Waals surface area contributed by atoms with Crippen molar-refractivity contribution in [3.05, 3.63) is 30.3 Å². The average Bonchev–Trinajstić information content (AvgIpc) is 2.99. The highest BCUT2D eigenvalue weighted by Gasteiger charge is 2.23. The van der Waals surface area contributed by atoms with Crippen LogP contribution >= 0.6 is 0 Å². The fraction of sp³-hybridized carbons (Fsp3) is 0.714. The zero-order valence-electron chi connectivity index (χ0n) is 15.5. The predicted octanol–water partition coefficient (Wildman–Crippen LogP) is 5.19. The van der Waals surface area contributed by atoms with Crippen LogP contribution in [0.2, 0.25) is 0 Å². The van der Waals surface area contributed by atoms with Crippen molar-refractivity contribution in [3.63, 3.8) is 0 Å². The molecule has 130 valence electrons. The summed E-state index contributed by atoms with van der Waals surface area (Å²) in [5.41, 5.74) is 1.39. The molecule has 0 saturated carbocycles. The molecular formula is C21H36N2. The van der Waals surface area contributed by atoms with Crippen molar-refractivity contribution in [3.8, 4) is 0 Å². The summed E-state index contributed by atoms with van der Waals surface area (Å²) in [6.45, 7) is 11.9. The number of anilines is 1. The highest BCUT2D eigenvalue weighted by Crippen LogP contribution is 2.22. The molecule has 0 aromatic heterocycles. The monoisotopic (exact) mass is 316 g/mol. The first-order valence-electron chi connectivity index (χ1n) is 9.74. The van der Waals surface area contributed by atoms with E-state index in [2.05, 4.69) is 60.9 Å². The van der Waals surface area contributed by atoms with Crippen LogP contribution in [-0.4, -0.2) is 37.1 Å². The van der Waals surface area contributed by atoms with E-state index in [1.807, 2.05) is 0 Å². The van der Waals surface area contributed by atoms with Gasteiger partial charge in [-0.3, -0.25) is 4.90 Å². The Hall–Kier alpha value is -1.02. The molecule has 0 radical (unpaired) electrons. The van der Waals surface area contributed by atoms with Gasteiger partial charge in [-0.2, -0.15) is 0 Å². The molecule has 0 amide bonds. The first kappa shape index (κ1) is 18.3. The summed E-state index contributed by atoms with van der Waals surface area (Å²) in [7, 11) is 0. The molecule has 1 fully saturated rings. The van der Waals surface area contributed by atoms with Crippen LogP contribution in [0.25, 0.3) is 0 Å². The Morgan fingerprint density at radius 3 is 2.65 bits per heavy atom. The van der Waals surface area contributed by atoms with E-state index in [-0.39, 0.29) is 0 Å². The minimum Gasteiger partial charge on any atom is -0.370 e. The SMILES string of the molecule is CCCC1CCCN1CCN(CCCC(C)C)c1ccccc1. The molecule has 2 rings (SSSR count). The van der Waals surface area contributed by atoms with Gasteiger partial charge in [0.1, 0.15) is 0 Å². The number of likely N-dealkylation sites (tertiary alicyclic amines) is 1. The molecule has 1 saturated heterocycles. The van der Waals surface area contributed by atoms with E-state index in [9.17, 15) is 0 Å². The van der Waals surface area contributed by atoms with Gasteiger partial charge in [0.25, 0.3) is 0 Å². The standard InChI is InChI=1S/C21H36N2/c1-4-10-20-14-9-16-22(20)17-18-23(15-8-11-19(2)3)21-12-6-5-7-13-21/h5-7,12-13,19-20H,4,8-11,14-18H2,1-3H3. The largest absolute Gasteiger partial charge is 0.370 e. The normalized spacial score (nSPS) is 18.7. The lowest BCUT2D eigenvalue weighted by atomic mass is 10.1. The maximum Gasteiger partial charge on any atom is 0.0366 e. The molecule has 2 nitrogen and oxygen atoms in total. The molecule has 1 aliphatic rings. The molecule has 0 N–H and O–H groups in total. The van der Waals surface area contributed by atoms with Crippen molar-refractivity contribution in [1.29, 1.82) is 0 Å². The Morgan fingerprint density at radius 1 is 1.17 bits per heavy atom. The van der Waals surface area contributed by atoms with Gasteiger partial charge in [0.05, 0.1) is 0 Å². The Labute approximate surface area is 143 Å². The van der Waals surface area contributed by atoms with Crippen LogP contribution in [0.1, 0.15) is 59.3 Å². The summed E-state index contributed by atoms with van der Waals surface area (Å²) in [4.78, 5) is 5.34. The topological polar surface area (TPSA) is 6.48 Å². The zero-order chi connectivity index (χ0) is 16.5. The van der Waals surface area contributed by atoms with Crippen molar-refractivity contribution >= 4 is 5.69 Å². The van der Waals surface area contributed by atoms with Crippen molar-refractivity contribution in [2.45, 2.75) is 65.3 Å². The van der Waals surface area contributed by atoms with Crippen LogP contribution in [-0.2, 0) is 0 Å². The number of rotatable bonds is 10. The predicted molar refractivity (Wildman–Crippen MR) is 102 cm³/mol. The number of para-hydroxylation sites is 1. The van der Waals surface area contributed by atoms with E-state index in [0.29, 0.717) is 0 Å². The van der Waals surface area contributed by atoms with Crippen molar-refractivity contribution in [2.24, 2.45) is 5.92 Å². The third-order valence-electron chi connectivity index (χ3n) is 5.11. The van der Waals surface area contributed by atoms with Gasteiger partial charge >= 0.3 is 0 Å². The van der Waals surface area contributed by atoms with E-state index < -0.39 is 0 Å². The van der Waals surface area contributed by atoms with Crippen molar-refractivity contribution < 1.29 is 0 Å². The van der Waals surface area contributed by atoms with Gasteiger partial charge in [0.15, 0.2) is 0 Å². The fourth-order valence-corrected chi connectivity index (χ4v) is 3.80. The second-order valence-corrected chi connectivity index (χ2v) is 7.48. The molecule has 0 spiro atoms. The van der Waals surface area contributed by atoms with E-state index in [4.69, 9.17) is 0 Å². The molecule has 0 bridgehead atoms. The smallest absolute Gasteiger partial charge is 0.0366 e. The molecule has 1 aliphatic heterocycles. The summed E-state index contributed by atoms with van der Waals surface area (Å²) in [5.74, 6) is 0.806. The summed E-state index contributed by atoms with van der Waals surface area (Å²) in [5, 5.41) is 0. The number of hydrogen-bond acceptors (Lipinski definition) is 2. The number of nitrogens with zero attached hydrogens (tertiary/aromatic N) is 2. The molecule has 0 aliphatic carbocycles. The Morgan fingerprint density at radius 2 is 1.96 bits per heavy atom. The van der Waals surface area contributed by atoms with E-state index in [1.165, 1.54) is 70.4 Å². The molecule has 1 unspecified atom stereocenters. The lowest BCUT2D eigenvalue weighted by molar-refractivity contribution is 0.246. The van der Waals surface area contributed by atoms with E-state index >= 15 is 0 Å². The summed E-state index contributed by atoms with van der Waals surface area (Å²) in [6.07, 6.45) is 8.11. The Bertz CT molecular complexity index is 415. The second-order valence-electron chi connectivity index (χ2n) is 7.48. The van der Waals surface area contributed by atoms with Crippen molar-refractivity contribution in [2.75, 3.05) is 31.1 Å². The van der Waals surface area contributed by atoms with Gasteiger partial charge in [0, 0.05) is 31.4 Å².